The molecular formula is C100H78N16O19. The van der Waals surface area contributed by atoms with Crippen molar-refractivity contribution in [3.8, 4) is 91.8 Å². The van der Waals surface area contributed by atoms with Crippen molar-refractivity contribution < 1.29 is 91.2 Å². The fourth-order valence-corrected chi connectivity index (χ4v) is 18.5. The maximum Gasteiger partial charge on any atom is 0.311 e. The number of pyridine rings is 4. The lowest BCUT2D eigenvalue weighted by Crippen LogP contribution is -2.34. The Hall–Kier alpha value is -17.4. The number of nitrogens with zero attached hydrogens (tertiary/aromatic N) is 10. The Bertz CT molecular complexity index is 6940. The molecule has 6 aromatic heterocycles. The lowest BCUT2D eigenvalue weighted by Gasteiger charge is -2.19. The van der Waals surface area contributed by atoms with E-state index in [0.29, 0.717) is 150 Å². The van der Waals surface area contributed by atoms with Gasteiger partial charge in [0.15, 0.2) is 11.7 Å². The molecule has 12 atom stereocenters. The predicted molar refractivity (Wildman–Crippen MR) is 481 cm³/mol. The van der Waals surface area contributed by atoms with Crippen LogP contribution in [0.2, 0.25) is 0 Å². The number of ether oxygens (including phenoxy) is 8. The summed E-state index contributed by atoms with van der Waals surface area (Å²) in [4.78, 5) is 96.7. The van der Waals surface area contributed by atoms with Crippen LogP contribution in [-0.4, -0.2) is 127 Å². The summed E-state index contributed by atoms with van der Waals surface area (Å²) < 4.78 is 59.6. The predicted octanol–water partition coefficient (Wildman–Crippen LogP) is 15.2. The summed E-state index contributed by atoms with van der Waals surface area (Å²) in [5, 5.41) is 55.0. The molecule has 10 N–H and O–H groups in total. The number of hydrogen-bond donors (Lipinski definition) is 9. The lowest BCUT2D eigenvalue weighted by atomic mass is 10.1. The lowest BCUT2D eigenvalue weighted by molar-refractivity contribution is -0.139. The van der Waals surface area contributed by atoms with Gasteiger partial charge in [-0.1, -0.05) is 142 Å². The van der Waals surface area contributed by atoms with Gasteiger partial charge in [-0.2, -0.15) is 9.97 Å². The number of fused-ring (bicyclic) bond motifs is 16. The van der Waals surface area contributed by atoms with Crippen LogP contribution in [0.25, 0.3) is 22.8 Å². The third kappa shape index (κ3) is 16.5. The summed E-state index contributed by atoms with van der Waals surface area (Å²) in [6.07, 6.45) is 9.93. The Kier molecular flexibility index (Phi) is 21.5. The zero-order valence-electron chi connectivity index (χ0n) is 71.1. The van der Waals surface area contributed by atoms with Crippen LogP contribution in [0.5, 0.6) is 69.0 Å². The molecule has 4 aliphatic carbocycles. The van der Waals surface area contributed by atoms with Gasteiger partial charge in [0.1, 0.15) is 123 Å². The number of carbonyl (C=O) groups is 6. The van der Waals surface area contributed by atoms with Crippen LogP contribution in [0.1, 0.15) is 129 Å². The molecular weight excluding hydrogens is 1730 g/mol. The second kappa shape index (κ2) is 34.8. The fourth-order valence-electron chi connectivity index (χ4n) is 18.5. The van der Waals surface area contributed by atoms with Crippen LogP contribution in [0.4, 0.5) is 23.3 Å². The largest absolute Gasteiger partial charge is 0.489 e. The number of carbonyl (C=O) groups excluding carboxylic acids is 5. The van der Waals surface area contributed by atoms with Crippen molar-refractivity contribution in [3.05, 3.63) is 311 Å². The van der Waals surface area contributed by atoms with E-state index >= 15 is 0 Å². The third-order valence-electron chi connectivity index (χ3n) is 25.3. The SMILES string of the molecule is N/C(=N/O)c1ccccc1.O=C1CCc2c(Oc3ccc4c(c3)C3C(O4)C3C(=O)N/C(=N\O)c3ccccc3)ccnc2N1.O=C1CCc2c(Oc3ccc4c(c3)C3C(O4)C3C(=O)O)ccnc2N1.O=C1CCc2c(Oc3ccc4c(c3)C3C(O4)C3c3nc(-c4ccccc4)no3)ccnc2N1.O=C1CCc2c(Oc3ccc4c(c3)C3C(O4)C3c3nc(-c4ccccc4)no3)ccnc2N1. The number of oxime groups is 2. The third-order valence-corrected chi connectivity index (χ3v) is 25.3. The number of amidine groups is 2. The molecule has 0 spiro atoms. The first-order chi connectivity index (χ1) is 66.1. The highest BCUT2D eigenvalue weighted by atomic mass is 16.5. The molecule has 672 valence electrons. The molecule has 14 heterocycles. The second-order valence-electron chi connectivity index (χ2n) is 33.6. The molecule has 8 aromatic carbocycles. The standard InChI is InChI=1S/C25H20N4O5.2C25H18N4O4.C18H14N2O5.C7H8N2O/c30-19-9-7-15-18(10-11-26-24(15)27-19)33-14-6-8-17-16(12-14)20-21(22(20)34-17)25(31)28-23(29-32)13-4-2-1-3-5-13;2*30-19-9-7-15-18(10-11-26-24(15)27-19)31-14-6-8-17-16(12-14)20-21(22(20)32-17)25-28-23(29-33-25)13-4-2-1-3-5-13;21-13-4-2-9-12(5-6-19-17(9)20-13)24-8-1-3-11-10(7-8)14-15(18(22)23)16(14)25-11;8-7(9-10)6-4-2-1-3-5-6/h1-6,8,10-12,20-22,32H,7,9H2,(H,26,27,30)(H,28,29,31);2*1-6,8,10-12,20-22H,7,9H2,(H,26,27,30);1,3,5-7,14-16H,2,4H2,(H,22,23)(H,19,20,21);1-5,10H,(H2,8,9). The number of nitrogens with one attached hydrogen (secondary N) is 5. The van der Waals surface area contributed by atoms with Crippen molar-refractivity contribution in [2.45, 2.75) is 111 Å². The molecule has 35 heteroatoms. The Morgan fingerprint density at radius 1 is 0.378 bits per heavy atom. The van der Waals surface area contributed by atoms with Gasteiger partial charge in [0.05, 0.1) is 17.8 Å². The smallest absolute Gasteiger partial charge is 0.311 e. The van der Waals surface area contributed by atoms with Gasteiger partial charge in [-0.05, 0) is 123 Å². The Balaban J connectivity index is 0.000000101. The number of rotatable bonds is 16. The normalized spacial score (nSPS) is 21.7. The molecule has 35 nitrogen and oxygen atoms in total. The summed E-state index contributed by atoms with van der Waals surface area (Å²) in [5.41, 5.74) is 16.0. The highest BCUT2D eigenvalue weighted by molar-refractivity contribution is 6.09. The molecule has 14 aromatic rings. The zero-order chi connectivity index (χ0) is 91.6. The number of carboxylic acids is 1. The Morgan fingerprint density at radius 2 is 0.704 bits per heavy atom. The van der Waals surface area contributed by atoms with Crippen LogP contribution in [-0.2, 0) is 54.5 Å². The second-order valence-corrected chi connectivity index (χ2v) is 33.6. The average molecular weight is 1810 g/mol. The van der Waals surface area contributed by atoms with Crippen molar-refractivity contribution in [1.29, 1.82) is 0 Å². The van der Waals surface area contributed by atoms with Crippen molar-refractivity contribution >= 4 is 70.4 Å². The van der Waals surface area contributed by atoms with E-state index in [9.17, 15) is 39.1 Å². The van der Waals surface area contributed by atoms with Crippen molar-refractivity contribution in [3.63, 3.8) is 0 Å². The van der Waals surface area contributed by atoms with Crippen molar-refractivity contribution in [1.82, 2.24) is 45.5 Å². The Morgan fingerprint density at radius 3 is 1.05 bits per heavy atom. The van der Waals surface area contributed by atoms with Crippen LogP contribution in [0.15, 0.2) is 263 Å². The molecule has 4 saturated carbocycles. The van der Waals surface area contributed by atoms with E-state index in [4.69, 9.17) is 57.9 Å². The minimum Gasteiger partial charge on any atom is -0.489 e. The number of aromatic nitrogens is 8. The van der Waals surface area contributed by atoms with Crippen LogP contribution in [0.3, 0.4) is 0 Å². The topological polar surface area (TPSA) is 477 Å². The van der Waals surface area contributed by atoms with Gasteiger partial charge in [-0.25, -0.2) is 19.9 Å². The molecule has 0 bridgehead atoms. The van der Waals surface area contributed by atoms with E-state index in [-0.39, 0.29) is 107 Å². The van der Waals surface area contributed by atoms with Crippen LogP contribution >= 0.6 is 0 Å². The summed E-state index contributed by atoms with van der Waals surface area (Å²) in [6, 6.07) is 67.5. The molecule has 0 radical (unpaired) electrons. The molecule has 26 rings (SSSR count). The Labute approximate surface area is 766 Å². The number of carboxylic acid groups (broad SMARTS) is 1. The molecule has 4 fully saturated rings. The van der Waals surface area contributed by atoms with Gasteiger partial charge in [-0.3, -0.25) is 28.8 Å². The summed E-state index contributed by atoms with van der Waals surface area (Å²) in [6.45, 7) is 0. The first kappa shape index (κ1) is 83.2. The van der Waals surface area contributed by atoms with Gasteiger partial charge in [0.2, 0.25) is 53.0 Å². The van der Waals surface area contributed by atoms with Crippen molar-refractivity contribution in [2.75, 3.05) is 21.3 Å². The molecule has 0 saturated heterocycles. The van der Waals surface area contributed by atoms with Gasteiger partial charge < -0.3 is 94.8 Å². The summed E-state index contributed by atoms with van der Waals surface area (Å²) in [7, 11) is 0. The van der Waals surface area contributed by atoms with Crippen molar-refractivity contribution in [2.24, 2.45) is 27.9 Å². The van der Waals surface area contributed by atoms with Gasteiger partial charge in [-0.15, -0.1) is 0 Å². The first-order valence-electron chi connectivity index (χ1n) is 43.7. The number of aliphatic carboxylic acids is 1. The number of anilines is 4. The van der Waals surface area contributed by atoms with E-state index in [1.54, 1.807) is 79.4 Å². The fraction of sp³-hybridized carbons (Fsp3) is 0.200. The minimum atomic E-state index is -0.828. The van der Waals surface area contributed by atoms with Gasteiger partial charge in [0, 0.05) is 141 Å². The molecule has 12 aliphatic rings. The number of hydrogen-bond acceptors (Lipinski definition) is 28. The van der Waals surface area contributed by atoms with Gasteiger partial charge >= 0.3 is 5.97 Å². The van der Waals surface area contributed by atoms with E-state index in [2.05, 4.69) is 77.1 Å². The monoisotopic (exact) mass is 1810 g/mol. The highest BCUT2D eigenvalue weighted by Gasteiger charge is 2.66. The summed E-state index contributed by atoms with van der Waals surface area (Å²) >= 11 is 0. The van der Waals surface area contributed by atoms with E-state index < -0.39 is 11.9 Å². The molecule has 12 unspecified atom stereocenters. The summed E-state index contributed by atoms with van der Waals surface area (Å²) in [5.74, 6) is 11.4. The highest BCUT2D eigenvalue weighted by Crippen LogP contribution is 2.66. The maximum atomic E-state index is 12.9. The maximum absolute atomic E-state index is 12.9. The number of nitrogens with two attached hydrogens (primary N) is 1. The van der Waals surface area contributed by atoms with E-state index in [0.717, 1.165) is 84.2 Å². The first-order valence-corrected chi connectivity index (χ1v) is 43.7. The van der Waals surface area contributed by atoms with E-state index in [1.807, 2.05) is 164 Å². The average Bonchev–Trinajstić information content (AvgIpc) is 1.12. The molecule has 5 amide bonds. The quantitative estimate of drug-likeness (QED) is 0.0188. The zero-order valence-corrected chi connectivity index (χ0v) is 71.1. The molecule has 8 aliphatic heterocycles. The van der Waals surface area contributed by atoms with Gasteiger partial charge in [0.25, 0.3) is 0 Å². The van der Waals surface area contributed by atoms with E-state index in [1.165, 1.54) is 0 Å². The van der Waals surface area contributed by atoms with Crippen LogP contribution < -0.4 is 70.2 Å². The molecule has 135 heavy (non-hydrogen) atoms. The number of benzene rings is 8. The van der Waals surface area contributed by atoms with Crippen LogP contribution in [0, 0.1) is 11.8 Å². The minimum absolute atomic E-state index is 0.00298. The number of amides is 5.